The number of carboxylic acids is 1. The first-order valence-electron chi connectivity index (χ1n) is 5.14. The molecule has 0 aliphatic heterocycles. The predicted molar refractivity (Wildman–Crippen MR) is 61.8 cm³/mol. The zero-order chi connectivity index (χ0) is 12.1. The summed E-state index contributed by atoms with van der Waals surface area (Å²) in [5.74, 6) is -1.30. The van der Waals surface area contributed by atoms with Gasteiger partial charge in [0.25, 0.3) is 0 Å². The number of amides is 1. The molecule has 1 atom stereocenters. The highest BCUT2D eigenvalue weighted by molar-refractivity contribution is 8.02. The van der Waals surface area contributed by atoms with Crippen LogP contribution in [0.5, 0.6) is 0 Å². The number of aliphatic carboxylic acids is 1. The van der Waals surface area contributed by atoms with Gasteiger partial charge in [0.1, 0.15) is 4.75 Å². The van der Waals surface area contributed by atoms with Crippen LogP contribution in [0, 0.1) is 0 Å². The Labute approximate surface area is 94.6 Å². The average molecular weight is 233 g/mol. The van der Waals surface area contributed by atoms with Crippen LogP contribution in [0.1, 0.15) is 40.0 Å². The lowest BCUT2D eigenvalue weighted by molar-refractivity contribution is -0.140. The molecule has 0 aliphatic rings. The summed E-state index contributed by atoms with van der Waals surface area (Å²) in [4.78, 5) is 22.3. The van der Waals surface area contributed by atoms with Crippen LogP contribution in [0.15, 0.2) is 0 Å². The van der Waals surface area contributed by atoms with Crippen LogP contribution >= 0.6 is 11.8 Å². The van der Waals surface area contributed by atoms with E-state index in [1.54, 1.807) is 0 Å². The first-order valence-corrected chi connectivity index (χ1v) is 6.02. The predicted octanol–water partition coefficient (Wildman–Crippen LogP) is 1.63. The average Bonchev–Trinajstić information content (AvgIpc) is 2.19. The molecule has 88 valence electrons. The second-order valence-electron chi connectivity index (χ2n) is 3.42. The first-order chi connectivity index (χ1) is 6.93. The highest BCUT2D eigenvalue weighted by Crippen LogP contribution is 2.37. The van der Waals surface area contributed by atoms with Crippen LogP contribution in [0.25, 0.3) is 0 Å². The number of hydrogen-bond acceptors (Lipinski definition) is 3. The Kier molecular flexibility index (Phi) is 5.72. The molecule has 0 radical (unpaired) electrons. The van der Waals surface area contributed by atoms with Crippen molar-refractivity contribution < 1.29 is 14.7 Å². The van der Waals surface area contributed by atoms with Crippen molar-refractivity contribution in [2.24, 2.45) is 5.73 Å². The number of nitrogens with two attached hydrogens (primary N) is 1. The minimum atomic E-state index is -0.879. The van der Waals surface area contributed by atoms with Crippen LogP contribution in [-0.2, 0) is 9.59 Å². The first kappa shape index (κ1) is 14.3. The molecule has 0 saturated heterocycles. The molecule has 0 spiro atoms. The summed E-state index contributed by atoms with van der Waals surface area (Å²) in [5, 5.41) is 8.76. The van der Waals surface area contributed by atoms with E-state index in [-0.39, 0.29) is 0 Å². The van der Waals surface area contributed by atoms with Crippen molar-refractivity contribution in [3.05, 3.63) is 0 Å². The molecule has 0 unspecified atom stereocenters. The maximum atomic E-state index is 11.2. The Morgan fingerprint density at radius 2 is 1.80 bits per heavy atom. The fraction of sp³-hybridized carbons (Fsp3) is 0.800. The van der Waals surface area contributed by atoms with Crippen LogP contribution < -0.4 is 5.73 Å². The van der Waals surface area contributed by atoms with E-state index in [0.29, 0.717) is 19.3 Å². The SMILES string of the molecule is CC[C@@H](SC(CC)(CC)C(=O)O)C(N)=O. The second-order valence-corrected chi connectivity index (χ2v) is 5.01. The van der Waals surface area contributed by atoms with Gasteiger partial charge >= 0.3 is 5.97 Å². The molecule has 15 heavy (non-hydrogen) atoms. The van der Waals surface area contributed by atoms with Gasteiger partial charge in [-0.3, -0.25) is 9.59 Å². The number of hydrogen-bond donors (Lipinski definition) is 2. The molecule has 0 fully saturated rings. The van der Waals surface area contributed by atoms with E-state index < -0.39 is 21.9 Å². The normalized spacial score (nSPS) is 13.5. The van der Waals surface area contributed by atoms with Crippen LogP contribution in [-0.4, -0.2) is 27.0 Å². The van der Waals surface area contributed by atoms with Crippen LogP contribution in [0.2, 0.25) is 0 Å². The summed E-state index contributed by atoms with van der Waals surface area (Å²) in [6.45, 7) is 5.47. The van der Waals surface area contributed by atoms with E-state index in [2.05, 4.69) is 0 Å². The van der Waals surface area contributed by atoms with Crippen molar-refractivity contribution in [3.63, 3.8) is 0 Å². The molecule has 3 N–H and O–H groups in total. The van der Waals surface area contributed by atoms with Gasteiger partial charge in [-0.15, -0.1) is 11.8 Å². The van der Waals surface area contributed by atoms with Gasteiger partial charge in [0.05, 0.1) is 5.25 Å². The Morgan fingerprint density at radius 1 is 1.33 bits per heavy atom. The largest absolute Gasteiger partial charge is 0.480 e. The van der Waals surface area contributed by atoms with E-state index in [0.717, 1.165) is 0 Å². The molecule has 5 heteroatoms. The highest BCUT2D eigenvalue weighted by Gasteiger charge is 2.38. The fourth-order valence-electron chi connectivity index (χ4n) is 1.38. The van der Waals surface area contributed by atoms with Gasteiger partial charge < -0.3 is 10.8 Å². The molecule has 0 aromatic heterocycles. The number of carbonyl (C=O) groups excluding carboxylic acids is 1. The number of thioether (sulfide) groups is 1. The molecular weight excluding hydrogens is 214 g/mol. The molecule has 0 aliphatic carbocycles. The molecule has 1 amide bonds. The van der Waals surface area contributed by atoms with E-state index >= 15 is 0 Å². The molecule has 0 rings (SSSR count). The van der Waals surface area contributed by atoms with Gasteiger partial charge in [-0.2, -0.15) is 0 Å². The topological polar surface area (TPSA) is 80.4 Å². The zero-order valence-corrected chi connectivity index (χ0v) is 10.3. The van der Waals surface area contributed by atoms with E-state index in [9.17, 15) is 14.7 Å². The molecule has 4 nitrogen and oxygen atoms in total. The summed E-state index contributed by atoms with van der Waals surface area (Å²) in [6.07, 6.45) is 1.55. The minimum Gasteiger partial charge on any atom is -0.480 e. The summed E-state index contributed by atoms with van der Waals surface area (Å²) < 4.78 is -0.879. The molecule has 0 heterocycles. The minimum absolute atomic E-state index is 0.416. The zero-order valence-electron chi connectivity index (χ0n) is 9.45. The van der Waals surface area contributed by atoms with Crippen molar-refractivity contribution >= 4 is 23.6 Å². The quantitative estimate of drug-likeness (QED) is 0.700. The summed E-state index contributed by atoms with van der Waals surface area (Å²) >= 11 is 1.18. The summed E-state index contributed by atoms with van der Waals surface area (Å²) in [6, 6.07) is 0. The van der Waals surface area contributed by atoms with Crippen molar-refractivity contribution in [2.45, 2.75) is 50.0 Å². The Hall–Kier alpha value is -0.710. The lowest BCUT2D eigenvalue weighted by Gasteiger charge is -2.29. The third-order valence-corrected chi connectivity index (χ3v) is 4.64. The number of carboxylic acid groups (broad SMARTS) is 1. The molecule has 0 saturated carbocycles. The molecular formula is C10H19NO3S. The van der Waals surface area contributed by atoms with E-state index in [1.807, 2.05) is 20.8 Å². The smallest absolute Gasteiger partial charge is 0.319 e. The van der Waals surface area contributed by atoms with Crippen LogP contribution in [0.4, 0.5) is 0 Å². The van der Waals surface area contributed by atoms with Gasteiger partial charge in [-0.05, 0) is 19.3 Å². The Balaban J connectivity index is 4.80. The Morgan fingerprint density at radius 3 is 2.00 bits per heavy atom. The van der Waals surface area contributed by atoms with Crippen molar-refractivity contribution in [1.29, 1.82) is 0 Å². The van der Waals surface area contributed by atoms with Gasteiger partial charge in [0, 0.05) is 0 Å². The lowest BCUT2D eigenvalue weighted by atomic mass is 10.0. The standard InChI is InChI=1S/C10H19NO3S/c1-4-7(8(11)12)15-10(5-2,6-3)9(13)14/h7H,4-6H2,1-3H3,(H2,11,12)(H,13,14)/t7-/m1/s1. The number of primary amides is 1. The number of rotatable bonds is 7. The molecule has 0 aromatic rings. The second kappa shape index (κ2) is 6.00. The van der Waals surface area contributed by atoms with Gasteiger partial charge in [-0.1, -0.05) is 20.8 Å². The third kappa shape index (κ3) is 3.41. The molecule has 0 aromatic carbocycles. The fourth-order valence-corrected chi connectivity index (χ4v) is 2.65. The lowest BCUT2D eigenvalue weighted by Crippen LogP contribution is -2.39. The summed E-state index contributed by atoms with van der Waals surface area (Å²) in [7, 11) is 0. The van der Waals surface area contributed by atoms with Gasteiger partial charge in [0.15, 0.2) is 0 Å². The Bertz CT molecular complexity index is 239. The highest BCUT2D eigenvalue weighted by atomic mass is 32.2. The maximum absolute atomic E-state index is 11.2. The van der Waals surface area contributed by atoms with Crippen molar-refractivity contribution in [3.8, 4) is 0 Å². The van der Waals surface area contributed by atoms with Gasteiger partial charge in [-0.25, -0.2) is 0 Å². The maximum Gasteiger partial charge on any atom is 0.319 e. The molecule has 0 bridgehead atoms. The van der Waals surface area contributed by atoms with Crippen molar-refractivity contribution in [2.75, 3.05) is 0 Å². The van der Waals surface area contributed by atoms with E-state index in [1.165, 1.54) is 11.8 Å². The monoisotopic (exact) mass is 233 g/mol. The number of carbonyl (C=O) groups is 2. The summed E-state index contributed by atoms with van der Waals surface area (Å²) in [5.41, 5.74) is 5.21. The van der Waals surface area contributed by atoms with Crippen molar-refractivity contribution in [1.82, 2.24) is 0 Å². The van der Waals surface area contributed by atoms with Crippen LogP contribution in [0.3, 0.4) is 0 Å². The van der Waals surface area contributed by atoms with E-state index in [4.69, 9.17) is 5.73 Å². The third-order valence-electron chi connectivity index (χ3n) is 2.59. The van der Waals surface area contributed by atoms with Gasteiger partial charge in [0.2, 0.25) is 5.91 Å².